The van der Waals surface area contributed by atoms with Gasteiger partial charge >= 0.3 is 0 Å². The summed E-state index contributed by atoms with van der Waals surface area (Å²) in [5.74, 6) is 0. The van der Waals surface area contributed by atoms with Gasteiger partial charge in [0.2, 0.25) is 0 Å². The molecule has 18 heavy (non-hydrogen) atoms. The van der Waals surface area contributed by atoms with Crippen molar-refractivity contribution in [3.63, 3.8) is 0 Å². The van der Waals surface area contributed by atoms with E-state index in [2.05, 4.69) is 19.2 Å². The highest BCUT2D eigenvalue weighted by molar-refractivity contribution is 7.15. The van der Waals surface area contributed by atoms with E-state index in [1.807, 2.05) is 13.1 Å². The van der Waals surface area contributed by atoms with Gasteiger partial charge in [-0.1, -0.05) is 13.8 Å². The Bertz CT molecular complexity index is 542. The average molecular weight is 262 g/mol. The lowest BCUT2D eigenvalue weighted by Crippen LogP contribution is -2.30. The summed E-state index contributed by atoms with van der Waals surface area (Å²) >= 11 is 1.79. The lowest BCUT2D eigenvalue weighted by Gasteiger charge is -2.34. The third kappa shape index (κ3) is 1.99. The van der Waals surface area contributed by atoms with E-state index in [-0.39, 0.29) is 0 Å². The third-order valence-electron chi connectivity index (χ3n) is 3.56. The average Bonchev–Trinajstić information content (AvgIpc) is 2.93. The third-order valence-corrected chi connectivity index (χ3v) is 4.82. The number of nitrogens with one attached hydrogen (secondary N) is 1. The molecule has 96 valence electrons. The maximum Gasteiger partial charge on any atom is 0.127 e. The molecule has 0 spiro atoms. The standard InChI is InChI=1S/C14H18N2OS/c1-14(2)6-10(15-3)12-11(7-14)16-13(18-12)9-4-5-17-8-9/h4-5,8,10,15H,6-7H2,1-3H3. The van der Waals surface area contributed by atoms with E-state index in [9.17, 15) is 0 Å². The fourth-order valence-corrected chi connectivity index (χ4v) is 3.85. The van der Waals surface area contributed by atoms with Crippen LogP contribution in [-0.2, 0) is 6.42 Å². The zero-order chi connectivity index (χ0) is 12.8. The number of fused-ring (bicyclic) bond motifs is 1. The van der Waals surface area contributed by atoms with E-state index >= 15 is 0 Å². The van der Waals surface area contributed by atoms with E-state index in [1.165, 1.54) is 17.0 Å². The van der Waals surface area contributed by atoms with E-state index in [0.29, 0.717) is 11.5 Å². The minimum atomic E-state index is 0.322. The van der Waals surface area contributed by atoms with Crippen LogP contribution < -0.4 is 5.32 Å². The highest BCUT2D eigenvalue weighted by atomic mass is 32.1. The van der Waals surface area contributed by atoms with E-state index in [1.54, 1.807) is 23.9 Å². The lowest BCUT2D eigenvalue weighted by molar-refractivity contribution is 0.265. The molecule has 0 saturated carbocycles. The quantitative estimate of drug-likeness (QED) is 0.898. The van der Waals surface area contributed by atoms with Gasteiger partial charge in [-0.2, -0.15) is 0 Å². The molecule has 1 aliphatic rings. The summed E-state index contributed by atoms with van der Waals surface area (Å²) in [4.78, 5) is 6.20. The van der Waals surface area contributed by atoms with Crippen molar-refractivity contribution >= 4 is 11.3 Å². The molecule has 0 aromatic carbocycles. The predicted molar refractivity (Wildman–Crippen MR) is 73.7 cm³/mol. The summed E-state index contributed by atoms with van der Waals surface area (Å²) in [7, 11) is 2.03. The first-order valence-corrected chi connectivity index (χ1v) is 7.10. The molecule has 3 rings (SSSR count). The minimum absolute atomic E-state index is 0.322. The number of aromatic nitrogens is 1. The maximum atomic E-state index is 5.15. The van der Waals surface area contributed by atoms with E-state index in [0.717, 1.165) is 17.0 Å². The zero-order valence-electron chi connectivity index (χ0n) is 11.0. The highest BCUT2D eigenvalue weighted by Gasteiger charge is 2.34. The molecule has 3 nitrogen and oxygen atoms in total. The van der Waals surface area contributed by atoms with Crippen molar-refractivity contribution in [3.8, 4) is 10.6 Å². The molecule has 0 fully saturated rings. The molecule has 0 amide bonds. The van der Waals surface area contributed by atoms with Crippen molar-refractivity contribution in [1.29, 1.82) is 0 Å². The van der Waals surface area contributed by atoms with Crippen LogP contribution in [0.3, 0.4) is 0 Å². The van der Waals surface area contributed by atoms with Crippen molar-refractivity contribution in [2.45, 2.75) is 32.7 Å². The molecule has 0 radical (unpaired) electrons. The number of thiazole rings is 1. The molecule has 1 aliphatic carbocycles. The van der Waals surface area contributed by atoms with Gasteiger partial charge in [-0.15, -0.1) is 11.3 Å². The van der Waals surface area contributed by atoms with Crippen LogP contribution in [0.1, 0.15) is 36.9 Å². The second-order valence-corrected chi connectivity index (χ2v) is 6.76. The molecule has 0 aliphatic heterocycles. The Labute approximate surface area is 111 Å². The van der Waals surface area contributed by atoms with Crippen LogP contribution in [0.5, 0.6) is 0 Å². The van der Waals surface area contributed by atoms with Crippen molar-refractivity contribution < 1.29 is 4.42 Å². The Morgan fingerprint density at radius 3 is 3.00 bits per heavy atom. The van der Waals surface area contributed by atoms with Crippen LogP contribution in [0.25, 0.3) is 10.6 Å². The molecule has 1 N–H and O–H groups in total. The van der Waals surface area contributed by atoms with Gasteiger partial charge in [0, 0.05) is 16.5 Å². The second-order valence-electron chi connectivity index (χ2n) is 5.73. The topological polar surface area (TPSA) is 38.1 Å². The summed E-state index contributed by atoms with van der Waals surface area (Å²) < 4.78 is 5.15. The normalized spacial score (nSPS) is 21.8. The fourth-order valence-electron chi connectivity index (χ4n) is 2.68. The van der Waals surface area contributed by atoms with Crippen molar-refractivity contribution in [1.82, 2.24) is 10.3 Å². The Kier molecular flexibility index (Phi) is 2.79. The molecule has 0 bridgehead atoms. The highest BCUT2D eigenvalue weighted by Crippen LogP contribution is 2.44. The Morgan fingerprint density at radius 2 is 2.33 bits per heavy atom. The Hall–Kier alpha value is -1.13. The van der Waals surface area contributed by atoms with Gasteiger partial charge in [0.1, 0.15) is 11.3 Å². The van der Waals surface area contributed by atoms with Gasteiger partial charge in [-0.3, -0.25) is 0 Å². The first-order chi connectivity index (χ1) is 8.59. The molecule has 1 unspecified atom stereocenters. The fraction of sp³-hybridized carbons (Fsp3) is 0.500. The van der Waals surface area contributed by atoms with E-state index in [4.69, 9.17) is 9.40 Å². The van der Waals surface area contributed by atoms with Crippen molar-refractivity contribution in [2.75, 3.05) is 7.05 Å². The smallest absolute Gasteiger partial charge is 0.127 e. The first kappa shape index (κ1) is 11.9. The number of rotatable bonds is 2. The van der Waals surface area contributed by atoms with Crippen LogP contribution in [0.15, 0.2) is 23.0 Å². The van der Waals surface area contributed by atoms with Crippen LogP contribution in [0, 0.1) is 5.41 Å². The SMILES string of the molecule is CNC1CC(C)(C)Cc2nc(-c3ccoc3)sc21. The zero-order valence-corrected chi connectivity index (χ0v) is 11.8. The number of furan rings is 1. The molecule has 1 atom stereocenters. The molecule has 2 aromatic rings. The van der Waals surface area contributed by atoms with Crippen molar-refractivity contribution in [3.05, 3.63) is 29.2 Å². The summed E-state index contributed by atoms with van der Waals surface area (Å²) in [6.45, 7) is 4.63. The monoisotopic (exact) mass is 262 g/mol. The molecular weight excluding hydrogens is 244 g/mol. The molecule has 2 aromatic heterocycles. The van der Waals surface area contributed by atoms with Gasteiger partial charge in [-0.25, -0.2) is 4.98 Å². The van der Waals surface area contributed by atoms with Crippen LogP contribution in [-0.4, -0.2) is 12.0 Å². The number of hydrogen-bond donors (Lipinski definition) is 1. The van der Waals surface area contributed by atoms with Crippen LogP contribution in [0.2, 0.25) is 0 Å². The predicted octanol–water partition coefficient (Wildman–Crippen LogP) is 3.64. The summed E-state index contributed by atoms with van der Waals surface area (Å²) in [6.07, 6.45) is 5.71. The number of hydrogen-bond acceptors (Lipinski definition) is 4. The number of nitrogens with zero attached hydrogens (tertiary/aromatic N) is 1. The van der Waals surface area contributed by atoms with Gasteiger partial charge in [0.25, 0.3) is 0 Å². The summed E-state index contributed by atoms with van der Waals surface area (Å²) in [5.41, 5.74) is 2.66. The van der Waals surface area contributed by atoms with E-state index < -0.39 is 0 Å². The van der Waals surface area contributed by atoms with Crippen molar-refractivity contribution in [2.24, 2.45) is 5.41 Å². The maximum absolute atomic E-state index is 5.15. The molecule has 4 heteroatoms. The summed E-state index contributed by atoms with van der Waals surface area (Å²) in [5, 5.41) is 4.50. The first-order valence-electron chi connectivity index (χ1n) is 6.28. The summed E-state index contributed by atoms with van der Waals surface area (Å²) in [6, 6.07) is 2.41. The largest absolute Gasteiger partial charge is 0.472 e. The molecule has 2 heterocycles. The molecular formula is C14H18N2OS. The van der Waals surface area contributed by atoms with Gasteiger partial charge in [-0.05, 0) is 31.4 Å². The molecule has 0 saturated heterocycles. The Morgan fingerprint density at radius 1 is 1.50 bits per heavy atom. The van der Waals surface area contributed by atoms with Gasteiger partial charge < -0.3 is 9.73 Å². The van der Waals surface area contributed by atoms with Gasteiger partial charge in [0.15, 0.2) is 0 Å². The van der Waals surface area contributed by atoms with Crippen LogP contribution in [0.4, 0.5) is 0 Å². The van der Waals surface area contributed by atoms with Gasteiger partial charge in [0.05, 0.1) is 12.0 Å². The lowest BCUT2D eigenvalue weighted by atomic mass is 9.76. The minimum Gasteiger partial charge on any atom is -0.472 e. The van der Waals surface area contributed by atoms with Crippen LogP contribution >= 0.6 is 11.3 Å². The Balaban J connectivity index is 2.03. The second kappa shape index (κ2) is 4.21.